The van der Waals surface area contributed by atoms with Gasteiger partial charge in [0.25, 0.3) is 0 Å². The second-order valence-corrected chi connectivity index (χ2v) is 7.24. The fourth-order valence-electron chi connectivity index (χ4n) is 2.67. The van der Waals surface area contributed by atoms with Gasteiger partial charge in [-0.15, -0.1) is 11.8 Å². The van der Waals surface area contributed by atoms with E-state index in [0.717, 1.165) is 11.0 Å². The van der Waals surface area contributed by atoms with Gasteiger partial charge >= 0.3 is 12.1 Å². The van der Waals surface area contributed by atoms with E-state index in [0.29, 0.717) is 22.9 Å². The molecular formula is C20H19F4NO3S. The number of benzene rings is 2. The number of halogens is 4. The van der Waals surface area contributed by atoms with Crippen LogP contribution < -0.4 is 4.90 Å². The van der Waals surface area contributed by atoms with E-state index in [1.165, 1.54) is 33.1 Å². The molecule has 156 valence electrons. The fraction of sp³-hybridized carbons (Fsp3) is 0.300. The molecule has 0 spiro atoms. The van der Waals surface area contributed by atoms with Crippen molar-refractivity contribution in [2.24, 2.45) is 0 Å². The van der Waals surface area contributed by atoms with E-state index in [4.69, 9.17) is 4.74 Å². The SMILES string of the molecule is COC(=O)c1ccccc1CN(C(C)=O)c1cc(SCC(F)(F)F)c(C)cc1F. The number of aryl methyl sites for hydroxylation is 1. The molecule has 0 fully saturated rings. The molecule has 29 heavy (non-hydrogen) atoms. The number of carbonyl (C=O) groups is 2. The van der Waals surface area contributed by atoms with E-state index in [-0.39, 0.29) is 22.7 Å². The molecule has 0 radical (unpaired) electrons. The highest BCUT2D eigenvalue weighted by molar-refractivity contribution is 7.99. The number of amides is 1. The third-order valence-electron chi connectivity index (χ3n) is 4.06. The molecule has 2 rings (SSSR count). The largest absolute Gasteiger partial charge is 0.465 e. The summed E-state index contributed by atoms with van der Waals surface area (Å²) in [6, 6.07) is 8.69. The minimum absolute atomic E-state index is 0.149. The number of hydrogen-bond donors (Lipinski definition) is 0. The van der Waals surface area contributed by atoms with E-state index in [9.17, 15) is 27.2 Å². The third-order valence-corrected chi connectivity index (χ3v) is 5.28. The zero-order valence-electron chi connectivity index (χ0n) is 16.0. The summed E-state index contributed by atoms with van der Waals surface area (Å²) in [5.74, 6) is -3.02. The van der Waals surface area contributed by atoms with Crippen molar-refractivity contribution in [3.8, 4) is 0 Å². The molecule has 9 heteroatoms. The van der Waals surface area contributed by atoms with Crippen LogP contribution >= 0.6 is 11.8 Å². The first-order chi connectivity index (χ1) is 13.5. The molecule has 0 unspecified atom stereocenters. The topological polar surface area (TPSA) is 46.6 Å². The Kier molecular flexibility index (Phi) is 7.29. The lowest BCUT2D eigenvalue weighted by molar-refractivity contribution is -0.116. The molecule has 0 saturated heterocycles. The number of ether oxygens (including phenoxy) is 1. The van der Waals surface area contributed by atoms with Crippen LogP contribution in [0.5, 0.6) is 0 Å². The highest BCUT2D eigenvalue weighted by atomic mass is 32.2. The number of methoxy groups -OCH3 is 1. The highest BCUT2D eigenvalue weighted by Crippen LogP contribution is 2.34. The summed E-state index contributed by atoms with van der Waals surface area (Å²) < 4.78 is 57.1. The van der Waals surface area contributed by atoms with Crippen molar-refractivity contribution in [2.75, 3.05) is 17.8 Å². The lowest BCUT2D eigenvalue weighted by atomic mass is 10.1. The van der Waals surface area contributed by atoms with Crippen LogP contribution in [0.15, 0.2) is 41.3 Å². The fourth-order valence-corrected chi connectivity index (χ4v) is 3.47. The molecule has 0 atom stereocenters. The number of hydrogen-bond acceptors (Lipinski definition) is 4. The zero-order chi connectivity index (χ0) is 21.8. The van der Waals surface area contributed by atoms with E-state index in [2.05, 4.69) is 0 Å². The Morgan fingerprint density at radius 3 is 2.41 bits per heavy atom. The molecule has 0 saturated carbocycles. The predicted octanol–water partition coefficient (Wildman–Crippen LogP) is 5.13. The first-order valence-corrected chi connectivity index (χ1v) is 9.46. The Hall–Kier alpha value is -2.55. The van der Waals surface area contributed by atoms with Gasteiger partial charge in [-0.05, 0) is 36.2 Å². The first kappa shape index (κ1) is 22.7. The summed E-state index contributed by atoms with van der Waals surface area (Å²) >= 11 is 0.520. The normalized spacial score (nSPS) is 11.3. The van der Waals surface area contributed by atoms with E-state index < -0.39 is 29.6 Å². The molecule has 2 aromatic rings. The molecule has 0 aliphatic carbocycles. The van der Waals surface area contributed by atoms with Gasteiger partial charge in [-0.2, -0.15) is 13.2 Å². The van der Waals surface area contributed by atoms with Crippen LogP contribution in [0, 0.1) is 12.7 Å². The van der Waals surface area contributed by atoms with Gasteiger partial charge in [0, 0.05) is 11.8 Å². The van der Waals surface area contributed by atoms with Crippen LogP contribution in [0.4, 0.5) is 23.2 Å². The van der Waals surface area contributed by atoms with Gasteiger partial charge in [0.2, 0.25) is 5.91 Å². The van der Waals surface area contributed by atoms with E-state index in [1.54, 1.807) is 18.2 Å². The average molecular weight is 429 g/mol. The molecule has 1 amide bonds. The van der Waals surface area contributed by atoms with Crippen LogP contribution in [-0.4, -0.2) is 30.9 Å². The number of nitrogens with zero attached hydrogens (tertiary/aromatic N) is 1. The summed E-state index contributed by atoms with van der Waals surface area (Å²) in [5, 5.41) is 0. The van der Waals surface area contributed by atoms with Crippen molar-refractivity contribution in [3.05, 3.63) is 58.9 Å². The van der Waals surface area contributed by atoms with Crippen molar-refractivity contribution < 1.29 is 31.9 Å². The summed E-state index contributed by atoms with van der Waals surface area (Å²) in [6.07, 6.45) is -4.38. The Labute approximate surface area is 169 Å². The lowest BCUT2D eigenvalue weighted by Gasteiger charge is -2.24. The standard InChI is InChI=1S/C20H19F4NO3S/c1-12-8-16(21)17(9-18(12)29-11-20(22,23)24)25(13(2)26)10-14-6-4-5-7-15(14)19(27)28-3/h4-9H,10-11H2,1-3H3. The molecule has 0 aliphatic heterocycles. The minimum atomic E-state index is -4.38. The first-order valence-electron chi connectivity index (χ1n) is 8.47. The smallest absolute Gasteiger partial charge is 0.398 e. The van der Waals surface area contributed by atoms with E-state index >= 15 is 0 Å². The number of rotatable bonds is 6. The molecule has 2 aromatic carbocycles. The Bertz CT molecular complexity index is 915. The van der Waals surface area contributed by atoms with Crippen LogP contribution in [0.3, 0.4) is 0 Å². The average Bonchev–Trinajstić information content (AvgIpc) is 2.64. The van der Waals surface area contributed by atoms with Gasteiger partial charge in [0.1, 0.15) is 5.82 Å². The second-order valence-electron chi connectivity index (χ2n) is 6.23. The van der Waals surface area contributed by atoms with Gasteiger partial charge < -0.3 is 9.64 Å². The molecule has 0 aromatic heterocycles. The quantitative estimate of drug-likeness (QED) is 0.363. The zero-order valence-corrected chi connectivity index (χ0v) is 16.8. The van der Waals surface area contributed by atoms with Gasteiger partial charge in [-0.3, -0.25) is 4.79 Å². The van der Waals surface area contributed by atoms with Crippen LogP contribution in [-0.2, 0) is 16.1 Å². The van der Waals surface area contributed by atoms with Crippen LogP contribution in [0.25, 0.3) is 0 Å². The monoisotopic (exact) mass is 429 g/mol. The highest BCUT2D eigenvalue weighted by Gasteiger charge is 2.28. The number of carbonyl (C=O) groups excluding carboxylic acids is 2. The predicted molar refractivity (Wildman–Crippen MR) is 103 cm³/mol. The lowest BCUT2D eigenvalue weighted by Crippen LogP contribution is -2.29. The Morgan fingerprint density at radius 2 is 1.83 bits per heavy atom. The molecule has 0 heterocycles. The molecule has 0 N–H and O–H groups in total. The number of esters is 1. The minimum Gasteiger partial charge on any atom is -0.465 e. The molecule has 4 nitrogen and oxygen atoms in total. The van der Waals surface area contributed by atoms with Gasteiger partial charge in [-0.1, -0.05) is 18.2 Å². The summed E-state index contributed by atoms with van der Waals surface area (Å²) in [7, 11) is 1.21. The van der Waals surface area contributed by atoms with Gasteiger partial charge in [0.15, 0.2) is 0 Å². The van der Waals surface area contributed by atoms with Crippen molar-refractivity contribution >= 4 is 29.3 Å². The maximum absolute atomic E-state index is 14.6. The third kappa shape index (κ3) is 5.96. The van der Waals surface area contributed by atoms with Crippen molar-refractivity contribution in [3.63, 3.8) is 0 Å². The number of thioether (sulfide) groups is 1. The van der Waals surface area contributed by atoms with Crippen LogP contribution in [0.1, 0.15) is 28.4 Å². The number of alkyl halides is 3. The van der Waals surface area contributed by atoms with E-state index in [1.807, 2.05) is 0 Å². The molecule has 0 aliphatic rings. The molecule has 0 bridgehead atoms. The second kappa shape index (κ2) is 9.30. The van der Waals surface area contributed by atoms with Crippen molar-refractivity contribution in [1.29, 1.82) is 0 Å². The number of anilines is 1. The van der Waals surface area contributed by atoms with Crippen LogP contribution in [0.2, 0.25) is 0 Å². The summed E-state index contributed by atoms with van der Waals surface area (Å²) in [5.41, 5.74) is 0.797. The molecular weight excluding hydrogens is 410 g/mol. The Balaban J connectivity index is 2.44. The summed E-state index contributed by atoms with van der Waals surface area (Å²) in [4.78, 5) is 25.5. The van der Waals surface area contributed by atoms with Crippen molar-refractivity contribution in [2.45, 2.75) is 31.5 Å². The van der Waals surface area contributed by atoms with Crippen molar-refractivity contribution in [1.82, 2.24) is 0 Å². The maximum Gasteiger partial charge on any atom is 0.398 e. The van der Waals surface area contributed by atoms with Gasteiger partial charge in [0.05, 0.1) is 30.7 Å². The maximum atomic E-state index is 14.6. The van der Waals surface area contributed by atoms with Gasteiger partial charge in [-0.25, -0.2) is 9.18 Å². The summed E-state index contributed by atoms with van der Waals surface area (Å²) in [6.45, 7) is 2.56. The Morgan fingerprint density at radius 1 is 1.17 bits per heavy atom.